The second-order valence-corrected chi connectivity index (χ2v) is 23.8. The van der Waals surface area contributed by atoms with Gasteiger partial charge in [0.05, 0.1) is 0 Å². The average Bonchev–Trinajstić information content (AvgIpc) is 3.47. The van der Waals surface area contributed by atoms with Crippen LogP contribution in [0, 0.1) is 0 Å². The number of esters is 3. The summed E-state index contributed by atoms with van der Waals surface area (Å²) >= 11 is 0. The van der Waals surface area contributed by atoms with E-state index in [1.807, 2.05) is 0 Å². The molecule has 0 N–H and O–H groups in total. The molecular weight excluding hydrogens is 1010 g/mol. The maximum atomic E-state index is 12.9. The summed E-state index contributed by atoms with van der Waals surface area (Å²) in [5.74, 6) is -0.891. The van der Waals surface area contributed by atoms with Gasteiger partial charge in [-0.05, 0) is 89.9 Å². The summed E-state index contributed by atoms with van der Waals surface area (Å²) in [6, 6.07) is 0. The molecule has 0 bridgehead atoms. The molecule has 82 heavy (non-hydrogen) atoms. The molecule has 0 rings (SSSR count). The summed E-state index contributed by atoms with van der Waals surface area (Å²) in [6.07, 6.45) is 93.4. The predicted molar refractivity (Wildman–Crippen MR) is 358 cm³/mol. The van der Waals surface area contributed by atoms with E-state index >= 15 is 0 Å². The smallest absolute Gasteiger partial charge is 0.306 e. The molecule has 0 heterocycles. The second kappa shape index (κ2) is 70.1. The first-order valence-electron chi connectivity index (χ1n) is 35.6. The van der Waals surface area contributed by atoms with Crippen molar-refractivity contribution in [1.29, 1.82) is 0 Å². The molecule has 0 aromatic carbocycles. The molecule has 0 aliphatic rings. The first-order valence-corrected chi connectivity index (χ1v) is 35.6. The largest absolute Gasteiger partial charge is 0.462 e. The normalized spacial score (nSPS) is 12.6. The minimum atomic E-state index is -0.790. The topological polar surface area (TPSA) is 78.9 Å². The summed E-state index contributed by atoms with van der Waals surface area (Å²) in [5.41, 5.74) is 0. The Labute approximate surface area is 509 Å². The van der Waals surface area contributed by atoms with Crippen molar-refractivity contribution < 1.29 is 28.6 Å². The standard InChI is InChI=1S/C76H134O6/c1-4-7-10-13-16-19-22-25-27-29-31-33-35-36-37-38-39-41-42-44-46-48-51-54-57-60-63-66-69-75(78)81-72-73(71-80-74(77)68-65-62-59-56-53-50-24-21-18-15-12-9-6-3)82-76(79)70-67-64-61-58-55-52-49-47-45-43-40-34-32-30-28-26-23-20-17-14-11-8-5-2/h8,11-12,15,17,20-21,24,26,28,32,34,43,45,73H,4-7,9-10,13-14,16,18-19,22-23,25,27,29-31,33,35-42,44,46-72H2,1-3H3/b11-8-,15-12-,20-17-,24-21-,28-26-,34-32-,45-43-. The lowest BCUT2D eigenvalue weighted by Gasteiger charge is -2.18. The molecule has 0 amide bonds. The average molecular weight is 1140 g/mol. The van der Waals surface area contributed by atoms with Crippen molar-refractivity contribution in [1.82, 2.24) is 0 Å². The predicted octanol–water partition coefficient (Wildman–Crippen LogP) is 24.6. The number of unbranched alkanes of at least 4 members (excludes halogenated alkanes) is 40. The van der Waals surface area contributed by atoms with E-state index in [-0.39, 0.29) is 31.1 Å². The summed E-state index contributed by atoms with van der Waals surface area (Å²) < 4.78 is 17.0. The van der Waals surface area contributed by atoms with Gasteiger partial charge in [0.15, 0.2) is 6.10 Å². The molecule has 1 unspecified atom stereocenters. The highest BCUT2D eigenvalue weighted by molar-refractivity contribution is 5.71. The maximum absolute atomic E-state index is 12.9. The van der Waals surface area contributed by atoms with Gasteiger partial charge in [-0.2, -0.15) is 0 Å². The molecule has 0 aromatic rings. The molecule has 0 fully saturated rings. The number of rotatable bonds is 65. The number of carbonyl (C=O) groups is 3. The van der Waals surface area contributed by atoms with Gasteiger partial charge in [0.25, 0.3) is 0 Å². The lowest BCUT2D eigenvalue weighted by atomic mass is 10.0. The number of ether oxygens (including phenoxy) is 3. The van der Waals surface area contributed by atoms with E-state index in [2.05, 4.69) is 106 Å². The lowest BCUT2D eigenvalue weighted by Crippen LogP contribution is -2.30. The molecule has 6 nitrogen and oxygen atoms in total. The fraction of sp³-hybridized carbons (Fsp3) is 0.776. The van der Waals surface area contributed by atoms with Crippen molar-refractivity contribution in [2.45, 2.75) is 367 Å². The third-order valence-corrected chi connectivity index (χ3v) is 15.6. The number of hydrogen-bond acceptors (Lipinski definition) is 6. The summed E-state index contributed by atoms with van der Waals surface area (Å²) in [4.78, 5) is 38.4. The van der Waals surface area contributed by atoms with Gasteiger partial charge in [0.1, 0.15) is 13.2 Å². The van der Waals surface area contributed by atoms with Crippen LogP contribution < -0.4 is 0 Å². The van der Waals surface area contributed by atoms with Crippen LogP contribution in [0.15, 0.2) is 85.1 Å². The molecule has 0 spiro atoms. The molecule has 0 aliphatic carbocycles. The zero-order chi connectivity index (χ0) is 59.2. The van der Waals surface area contributed by atoms with Crippen LogP contribution in [-0.2, 0) is 28.6 Å². The molecule has 0 saturated carbocycles. The van der Waals surface area contributed by atoms with Gasteiger partial charge in [-0.1, -0.05) is 337 Å². The van der Waals surface area contributed by atoms with E-state index in [4.69, 9.17) is 14.2 Å². The molecule has 6 heteroatoms. The Balaban J connectivity index is 4.25. The van der Waals surface area contributed by atoms with E-state index in [0.29, 0.717) is 19.3 Å². The first-order chi connectivity index (χ1) is 40.5. The molecule has 0 saturated heterocycles. The van der Waals surface area contributed by atoms with E-state index in [0.717, 1.165) is 128 Å². The Bertz CT molecular complexity index is 1550. The minimum absolute atomic E-state index is 0.0829. The van der Waals surface area contributed by atoms with E-state index in [9.17, 15) is 14.4 Å². The van der Waals surface area contributed by atoms with Gasteiger partial charge in [-0.25, -0.2) is 0 Å². The Morgan fingerprint density at radius 3 is 0.793 bits per heavy atom. The SMILES string of the molecule is CC/C=C\C/C=C\C/C=C\C/C=C\C/C=C\CCCCCCCCCC(=O)OC(COC(=O)CCCCCCC/C=C\C/C=C\CCC)COC(=O)CCCCCCCCCCCCCCCCCCCCCCCCCCCCCC. The van der Waals surface area contributed by atoms with Gasteiger partial charge in [-0.3, -0.25) is 14.4 Å². The van der Waals surface area contributed by atoms with E-state index in [1.165, 1.54) is 193 Å². The fourth-order valence-electron chi connectivity index (χ4n) is 10.3. The van der Waals surface area contributed by atoms with Crippen LogP contribution in [0.1, 0.15) is 361 Å². The highest BCUT2D eigenvalue weighted by Crippen LogP contribution is 2.18. The molecule has 0 aliphatic heterocycles. The summed E-state index contributed by atoms with van der Waals surface area (Å²) in [6.45, 7) is 6.49. The van der Waals surface area contributed by atoms with Crippen LogP contribution in [0.2, 0.25) is 0 Å². The van der Waals surface area contributed by atoms with Gasteiger partial charge >= 0.3 is 17.9 Å². The maximum Gasteiger partial charge on any atom is 0.306 e. The quantitative estimate of drug-likeness (QED) is 0.0261. The van der Waals surface area contributed by atoms with E-state index in [1.54, 1.807) is 0 Å². The molecule has 1 atom stereocenters. The zero-order valence-electron chi connectivity index (χ0n) is 54.5. The fourth-order valence-corrected chi connectivity index (χ4v) is 10.3. The third-order valence-electron chi connectivity index (χ3n) is 15.6. The highest BCUT2D eigenvalue weighted by Gasteiger charge is 2.19. The van der Waals surface area contributed by atoms with Crippen molar-refractivity contribution in [3.8, 4) is 0 Å². The first kappa shape index (κ1) is 78.6. The van der Waals surface area contributed by atoms with Crippen LogP contribution in [0.3, 0.4) is 0 Å². The minimum Gasteiger partial charge on any atom is -0.462 e. The Hall–Kier alpha value is -3.41. The summed E-state index contributed by atoms with van der Waals surface area (Å²) in [7, 11) is 0. The van der Waals surface area contributed by atoms with Gasteiger partial charge < -0.3 is 14.2 Å². The van der Waals surface area contributed by atoms with Crippen molar-refractivity contribution in [3.63, 3.8) is 0 Å². The van der Waals surface area contributed by atoms with Crippen molar-refractivity contribution in [2.75, 3.05) is 13.2 Å². The Morgan fingerprint density at radius 1 is 0.256 bits per heavy atom. The number of allylic oxidation sites excluding steroid dienone is 14. The van der Waals surface area contributed by atoms with Crippen molar-refractivity contribution >= 4 is 17.9 Å². The second-order valence-electron chi connectivity index (χ2n) is 23.8. The van der Waals surface area contributed by atoms with Gasteiger partial charge in [-0.15, -0.1) is 0 Å². The van der Waals surface area contributed by atoms with Crippen LogP contribution in [0.5, 0.6) is 0 Å². The summed E-state index contributed by atoms with van der Waals surface area (Å²) in [5, 5.41) is 0. The molecular formula is C76H134O6. The number of hydrogen-bond donors (Lipinski definition) is 0. The van der Waals surface area contributed by atoms with Crippen LogP contribution in [0.4, 0.5) is 0 Å². The zero-order valence-corrected chi connectivity index (χ0v) is 54.5. The van der Waals surface area contributed by atoms with E-state index < -0.39 is 6.10 Å². The van der Waals surface area contributed by atoms with Gasteiger partial charge in [0, 0.05) is 19.3 Å². The van der Waals surface area contributed by atoms with Crippen molar-refractivity contribution in [3.05, 3.63) is 85.1 Å². The highest BCUT2D eigenvalue weighted by atomic mass is 16.6. The molecule has 0 aromatic heterocycles. The van der Waals surface area contributed by atoms with Gasteiger partial charge in [0.2, 0.25) is 0 Å². The van der Waals surface area contributed by atoms with Crippen LogP contribution >= 0.6 is 0 Å². The Kier molecular flexibility index (Phi) is 67.2. The van der Waals surface area contributed by atoms with Crippen LogP contribution in [0.25, 0.3) is 0 Å². The Morgan fingerprint density at radius 2 is 0.500 bits per heavy atom. The molecule has 474 valence electrons. The number of carbonyl (C=O) groups excluding carboxylic acids is 3. The van der Waals surface area contributed by atoms with Crippen molar-refractivity contribution in [2.24, 2.45) is 0 Å². The lowest BCUT2D eigenvalue weighted by molar-refractivity contribution is -0.167. The third kappa shape index (κ3) is 67.4. The van der Waals surface area contributed by atoms with Crippen LogP contribution in [-0.4, -0.2) is 37.2 Å². The monoisotopic (exact) mass is 1140 g/mol. The molecule has 0 radical (unpaired) electrons.